The predicted molar refractivity (Wildman–Crippen MR) is 60.2 cm³/mol. The molecule has 0 radical (unpaired) electrons. The summed E-state index contributed by atoms with van der Waals surface area (Å²) in [4.78, 5) is 10.7. The van der Waals surface area contributed by atoms with Crippen LogP contribution in [0.5, 0.6) is 0 Å². The molecule has 1 saturated carbocycles. The number of hydrogen-bond donors (Lipinski definition) is 2. The van der Waals surface area contributed by atoms with Gasteiger partial charge in [0.05, 0.1) is 6.04 Å². The number of urea groups is 1. The summed E-state index contributed by atoms with van der Waals surface area (Å²) in [6, 6.07) is 7.46. The molecular weight excluding hydrogens is 204 g/mol. The number of amides is 2. The fourth-order valence-corrected chi connectivity index (χ4v) is 2.08. The number of nitrogens with two attached hydrogens (primary N) is 1. The topological polar surface area (TPSA) is 66.6 Å². The summed E-state index contributed by atoms with van der Waals surface area (Å²) in [5, 5.41) is 9.96. The zero-order valence-corrected chi connectivity index (χ0v) is 9.26. The molecule has 1 aliphatic rings. The van der Waals surface area contributed by atoms with Crippen molar-refractivity contribution in [1.82, 2.24) is 5.06 Å². The van der Waals surface area contributed by atoms with E-state index in [1.807, 2.05) is 0 Å². The largest absolute Gasteiger partial charge is 0.350 e. The Morgan fingerprint density at radius 3 is 2.44 bits per heavy atom. The summed E-state index contributed by atoms with van der Waals surface area (Å²) in [7, 11) is 0. The summed E-state index contributed by atoms with van der Waals surface area (Å²) in [6.45, 7) is 2.05. The highest BCUT2D eigenvalue weighted by molar-refractivity contribution is 5.71. The SMILES string of the molecule is Cc1ccc(C2CC(N(O)C(N)=O)C2)cc1. The van der Waals surface area contributed by atoms with Gasteiger partial charge in [-0.15, -0.1) is 0 Å². The third kappa shape index (κ3) is 2.02. The number of benzene rings is 1. The lowest BCUT2D eigenvalue weighted by Gasteiger charge is -2.39. The molecule has 1 fully saturated rings. The Kier molecular flexibility index (Phi) is 2.83. The van der Waals surface area contributed by atoms with Crippen molar-refractivity contribution in [2.24, 2.45) is 5.73 Å². The van der Waals surface area contributed by atoms with Crippen molar-refractivity contribution in [3.63, 3.8) is 0 Å². The number of carbonyl (C=O) groups is 1. The van der Waals surface area contributed by atoms with Gasteiger partial charge in [-0.05, 0) is 31.2 Å². The van der Waals surface area contributed by atoms with Crippen molar-refractivity contribution in [2.45, 2.75) is 31.7 Å². The maximum Gasteiger partial charge on any atom is 0.338 e. The van der Waals surface area contributed by atoms with Gasteiger partial charge in [0, 0.05) is 0 Å². The van der Waals surface area contributed by atoms with Crippen LogP contribution in [0.4, 0.5) is 4.79 Å². The molecule has 3 N–H and O–H groups in total. The highest BCUT2D eigenvalue weighted by Gasteiger charge is 2.35. The van der Waals surface area contributed by atoms with Gasteiger partial charge in [-0.1, -0.05) is 29.8 Å². The Balaban J connectivity index is 1.93. The predicted octanol–water partition coefficient (Wildman–Crippen LogP) is 2.01. The monoisotopic (exact) mass is 220 g/mol. The molecule has 2 rings (SSSR count). The molecule has 86 valence electrons. The second-order valence-corrected chi connectivity index (χ2v) is 4.42. The van der Waals surface area contributed by atoms with E-state index in [9.17, 15) is 10.0 Å². The maximum atomic E-state index is 10.7. The smallest absolute Gasteiger partial charge is 0.338 e. The number of hydroxylamine groups is 2. The number of carbonyl (C=O) groups excluding carboxylic acids is 1. The second-order valence-electron chi connectivity index (χ2n) is 4.42. The first-order valence-corrected chi connectivity index (χ1v) is 5.42. The van der Waals surface area contributed by atoms with E-state index < -0.39 is 6.03 Å². The molecule has 0 aliphatic heterocycles. The van der Waals surface area contributed by atoms with Gasteiger partial charge in [0.1, 0.15) is 0 Å². The van der Waals surface area contributed by atoms with Gasteiger partial charge >= 0.3 is 6.03 Å². The number of primary amides is 1. The van der Waals surface area contributed by atoms with Gasteiger partial charge in [-0.25, -0.2) is 9.86 Å². The van der Waals surface area contributed by atoms with Crippen LogP contribution in [-0.2, 0) is 0 Å². The van der Waals surface area contributed by atoms with Crippen LogP contribution in [0.1, 0.15) is 29.9 Å². The first-order chi connectivity index (χ1) is 7.58. The molecular formula is C12H16N2O2. The summed E-state index contributed by atoms with van der Waals surface area (Å²) >= 11 is 0. The van der Waals surface area contributed by atoms with Crippen molar-refractivity contribution in [3.05, 3.63) is 35.4 Å². The van der Waals surface area contributed by atoms with Gasteiger partial charge in [0.15, 0.2) is 0 Å². The van der Waals surface area contributed by atoms with Crippen molar-refractivity contribution in [1.29, 1.82) is 0 Å². The Morgan fingerprint density at radius 1 is 1.38 bits per heavy atom. The first kappa shape index (κ1) is 11.0. The van der Waals surface area contributed by atoms with Crippen LogP contribution in [0.2, 0.25) is 0 Å². The molecule has 0 saturated heterocycles. The van der Waals surface area contributed by atoms with E-state index in [1.54, 1.807) is 0 Å². The van der Waals surface area contributed by atoms with E-state index in [1.165, 1.54) is 11.1 Å². The van der Waals surface area contributed by atoms with E-state index in [-0.39, 0.29) is 6.04 Å². The molecule has 1 aromatic carbocycles. The lowest BCUT2D eigenvalue weighted by molar-refractivity contribution is -0.102. The van der Waals surface area contributed by atoms with E-state index in [2.05, 4.69) is 31.2 Å². The molecule has 0 heterocycles. The van der Waals surface area contributed by atoms with Crippen LogP contribution < -0.4 is 5.73 Å². The Hall–Kier alpha value is -1.55. The molecule has 1 aliphatic carbocycles. The van der Waals surface area contributed by atoms with Gasteiger partial charge in [-0.3, -0.25) is 5.21 Å². The van der Waals surface area contributed by atoms with Crippen LogP contribution >= 0.6 is 0 Å². The fraction of sp³-hybridized carbons (Fsp3) is 0.417. The third-order valence-electron chi connectivity index (χ3n) is 3.23. The summed E-state index contributed by atoms with van der Waals surface area (Å²) < 4.78 is 0. The molecule has 1 aromatic rings. The molecule has 16 heavy (non-hydrogen) atoms. The second kappa shape index (κ2) is 4.14. The number of rotatable bonds is 2. The first-order valence-electron chi connectivity index (χ1n) is 5.42. The van der Waals surface area contributed by atoms with Gasteiger partial charge in [-0.2, -0.15) is 0 Å². The minimum absolute atomic E-state index is 0.121. The Morgan fingerprint density at radius 2 is 1.94 bits per heavy atom. The third-order valence-corrected chi connectivity index (χ3v) is 3.23. The lowest BCUT2D eigenvalue weighted by atomic mass is 9.75. The average Bonchev–Trinajstić information content (AvgIpc) is 2.18. The fourth-order valence-electron chi connectivity index (χ4n) is 2.08. The summed E-state index contributed by atoms with van der Waals surface area (Å²) in [5.41, 5.74) is 7.49. The molecule has 0 aromatic heterocycles. The van der Waals surface area contributed by atoms with Gasteiger partial charge < -0.3 is 5.73 Å². The van der Waals surface area contributed by atoms with Crippen LogP contribution in [0, 0.1) is 6.92 Å². The van der Waals surface area contributed by atoms with E-state index in [0.717, 1.165) is 12.8 Å². The van der Waals surface area contributed by atoms with E-state index in [0.29, 0.717) is 11.0 Å². The van der Waals surface area contributed by atoms with Crippen molar-refractivity contribution in [3.8, 4) is 0 Å². The molecule has 0 spiro atoms. The standard InChI is InChI=1S/C12H16N2O2/c1-8-2-4-9(5-3-8)10-6-11(7-10)14(16)12(13)15/h2-5,10-11,16H,6-7H2,1H3,(H2,13,15). The number of aryl methyl sites for hydroxylation is 1. The Bertz CT molecular complexity index is 383. The zero-order chi connectivity index (χ0) is 11.7. The highest BCUT2D eigenvalue weighted by Crippen LogP contribution is 2.39. The van der Waals surface area contributed by atoms with Gasteiger partial charge in [0.25, 0.3) is 0 Å². The lowest BCUT2D eigenvalue weighted by Crippen LogP contribution is -2.47. The molecule has 0 bridgehead atoms. The number of nitrogens with zero attached hydrogens (tertiary/aromatic N) is 1. The molecule has 4 nitrogen and oxygen atoms in total. The zero-order valence-electron chi connectivity index (χ0n) is 9.26. The van der Waals surface area contributed by atoms with Crippen LogP contribution in [0.3, 0.4) is 0 Å². The highest BCUT2D eigenvalue weighted by atomic mass is 16.5. The van der Waals surface area contributed by atoms with E-state index >= 15 is 0 Å². The van der Waals surface area contributed by atoms with Crippen LogP contribution in [0.15, 0.2) is 24.3 Å². The molecule has 0 unspecified atom stereocenters. The normalized spacial score (nSPS) is 23.6. The van der Waals surface area contributed by atoms with Crippen LogP contribution in [0.25, 0.3) is 0 Å². The maximum absolute atomic E-state index is 10.7. The minimum Gasteiger partial charge on any atom is -0.350 e. The number of hydrogen-bond acceptors (Lipinski definition) is 2. The van der Waals surface area contributed by atoms with Crippen molar-refractivity contribution >= 4 is 6.03 Å². The molecule has 4 heteroatoms. The average molecular weight is 220 g/mol. The van der Waals surface area contributed by atoms with Crippen LogP contribution in [-0.4, -0.2) is 22.3 Å². The molecule has 0 atom stereocenters. The van der Waals surface area contributed by atoms with E-state index in [4.69, 9.17) is 5.73 Å². The summed E-state index contributed by atoms with van der Waals surface area (Å²) in [5.74, 6) is 0.430. The Labute approximate surface area is 94.6 Å². The molecule has 2 amide bonds. The summed E-state index contributed by atoms with van der Waals surface area (Å²) in [6.07, 6.45) is 1.56. The van der Waals surface area contributed by atoms with Crippen molar-refractivity contribution < 1.29 is 10.0 Å². The van der Waals surface area contributed by atoms with Crippen molar-refractivity contribution in [2.75, 3.05) is 0 Å². The van der Waals surface area contributed by atoms with Gasteiger partial charge in [0.2, 0.25) is 0 Å². The quantitative estimate of drug-likeness (QED) is 0.591. The minimum atomic E-state index is -0.771.